The molecule has 3 heteroatoms. The van der Waals surface area contributed by atoms with Gasteiger partial charge in [0.25, 0.3) is 0 Å². The van der Waals surface area contributed by atoms with Crippen molar-refractivity contribution in [2.75, 3.05) is 26.8 Å². The Morgan fingerprint density at radius 3 is 2.33 bits per heavy atom. The summed E-state index contributed by atoms with van der Waals surface area (Å²) < 4.78 is 4.94. The van der Waals surface area contributed by atoms with Gasteiger partial charge in [-0.15, -0.1) is 0 Å². The van der Waals surface area contributed by atoms with Crippen molar-refractivity contribution < 1.29 is 9.84 Å². The Kier molecular flexibility index (Phi) is 5.79. The summed E-state index contributed by atoms with van der Waals surface area (Å²) in [5, 5.41) is 13.2. The Morgan fingerprint density at radius 1 is 1.22 bits per heavy atom. The molecule has 0 bridgehead atoms. The lowest BCUT2D eigenvalue weighted by molar-refractivity contribution is 0.161. The van der Waals surface area contributed by atoms with Crippen molar-refractivity contribution in [3.63, 3.8) is 0 Å². The minimum absolute atomic E-state index is 0.153. The monoisotopic (exact) mass is 251 g/mol. The molecule has 2 N–H and O–H groups in total. The molecule has 102 valence electrons. The van der Waals surface area contributed by atoms with Gasteiger partial charge in [0.2, 0.25) is 0 Å². The Labute approximate surface area is 110 Å². The highest BCUT2D eigenvalue weighted by Gasteiger charge is 2.14. The fraction of sp³-hybridized carbons (Fsp3) is 0.600. The van der Waals surface area contributed by atoms with Crippen molar-refractivity contribution in [3.05, 3.63) is 35.4 Å². The summed E-state index contributed by atoms with van der Waals surface area (Å²) >= 11 is 0. The molecule has 0 aromatic heterocycles. The Hall–Kier alpha value is -0.900. The number of hydrogen-bond acceptors (Lipinski definition) is 3. The van der Waals surface area contributed by atoms with Gasteiger partial charge in [0, 0.05) is 20.2 Å². The summed E-state index contributed by atoms with van der Waals surface area (Å²) in [4.78, 5) is 0. The van der Waals surface area contributed by atoms with Crippen LogP contribution in [0.2, 0.25) is 0 Å². The molecule has 18 heavy (non-hydrogen) atoms. The van der Waals surface area contributed by atoms with Gasteiger partial charge in [-0.3, -0.25) is 0 Å². The van der Waals surface area contributed by atoms with Crippen LogP contribution in [0.4, 0.5) is 0 Å². The van der Waals surface area contributed by atoms with Crippen molar-refractivity contribution >= 4 is 0 Å². The number of ether oxygens (including phenoxy) is 1. The number of methoxy groups -OCH3 is 1. The maximum atomic E-state index is 10.0. The van der Waals surface area contributed by atoms with E-state index in [0.29, 0.717) is 13.2 Å². The minimum Gasteiger partial charge on any atom is -0.387 e. The van der Waals surface area contributed by atoms with Crippen molar-refractivity contribution in [1.82, 2.24) is 5.32 Å². The second-order valence-electron chi connectivity index (χ2n) is 5.58. The molecule has 1 aromatic carbocycles. The van der Waals surface area contributed by atoms with E-state index in [9.17, 15) is 5.11 Å². The quantitative estimate of drug-likeness (QED) is 0.762. The molecule has 0 spiro atoms. The van der Waals surface area contributed by atoms with Gasteiger partial charge in [-0.1, -0.05) is 45.0 Å². The average molecular weight is 251 g/mol. The lowest BCUT2D eigenvalue weighted by Gasteiger charge is -2.20. The number of rotatable bonds is 6. The van der Waals surface area contributed by atoms with Crippen LogP contribution < -0.4 is 5.32 Å². The van der Waals surface area contributed by atoms with E-state index in [4.69, 9.17) is 4.74 Å². The largest absolute Gasteiger partial charge is 0.387 e. The second kappa shape index (κ2) is 6.88. The molecule has 0 saturated carbocycles. The van der Waals surface area contributed by atoms with E-state index in [1.165, 1.54) is 5.56 Å². The number of aliphatic hydroxyl groups is 1. The molecule has 0 aliphatic carbocycles. The summed E-state index contributed by atoms with van der Waals surface area (Å²) in [5.74, 6) is 0. The zero-order valence-electron chi connectivity index (χ0n) is 11.9. The van der Waals surface area contributed by atoms with Gasteiger partial charge in [0.15, 0.2) is 0 Å². The van der Waals surface area contributed by atoms with Gasteiger partial charge >= 0.3 is 0 Å². The van der Waals surface area contributed by atoms with E-state index in [2.05, 4.69) is 38.2 Å². The van der Waals surface area contributed by atoms with E-state index < -0.39 is 6.10 Å². The van der Waals surface area contributed by atoms with E-state index >= 15 is 0 Å². The van der Waals surface area contributed by atoms with Crippen molar-refractivity contribution in [2.45, 2.75) is 32.3 Å². The Morgan fingerprint density at radius 2 is 1.83 bits per heavy atom. The highest BCUT2D eigenvalue weighted by molar-refractivity contribution is 5.28. The van der Waals surface area contributed by atoms with Crippen LogP contribution in [0, 0.1) is 0 Å². The SMILES string of the molecule is COCCNCC(O)c1ccc(C(C)(C)C)cc1. The highest BCUT2D eigenvalue weighted by Crippen LogP contribution is 2.23. The van der Waals surface area contributed by atoms with Crippen LogP contribution in [0.25, 0.3) is 0 Å². The molecule has 0 fully saturated rings. The third-order valence-electron chi connectivity index (χ3n) is 2.98. The lowest BCUT2D eigenvalue weighted by Crippen LogP contribution is -2.25. The maximum absolute atomic E-state index is 10.0. The molecule has 1 atom stereocenters. The van der Waals surface area contributed by atoms with E-state index in [1.54, 1.807) is 7.11 Å². The highest BCUT2D eigenvalue weighted by atomic mass is 16.5. The van der Waals surface area contributed by atoms with Crippen molar-refractivity contribution in [1.29, 1.82) is 0 Å². The van der Waals surface area contributed by atoms with E-state index in [-0.39, 0.29) is 5.41 Å². The second-order valence-corrected chi connectivity index (χ2v) is 5.58. The summed E-state index contributed by atoms with van der Waals surface area (Å²) in [6.45, 7) is 8.53. The summed E-state index contributed by atoms with van der Waals surface area (Å²) in [5.41, 5.74) is 2.39. The zero-order chi connectivity index (χ0) is 13.6. The summed E-state index contributed by atoms with van der Waals surface area (Å²) in [6, 6.07) is 8.19. The van der Waals surface area contributed by atoms with Gasteiger partial charge < -0.3 is 15.2 Å². The number of nitrogens with one attached hydrogen (secondary N) is 1. The van der Waals surface area contributed by atoms with Crippen LogP contribution >= 0.6 is 0 Å². The van der Waals surface area contributed by atoms with Crippen LogP contribution in [0.15, 0.2) is 24.3 Å². The lowest BCUT2D eigenvalue weighted by atomic mass is 9.86. The molecule has 3 nitrogen and oxygen atoms in total. The smallest absolute Gasteiger partial charge is 0.0914 e. The first-order chi connectivity index (χ1) is 8.45. The third-order valence-corrected chi connectivity index (χ3v) is 2.98. The van der Waals surface area contributed by atoms with Gasteiger partial charge in [-0.25, -0.2) is 0 Å². The number of hydrogen-bond donors (Lipinski definition) is 2. The fourth-order valence-electron chi connectivity index (χ4n) is 1.74. The normalized spacial score (nSPS) is 13.6. The average Bonchev–Trinajstić information content (AvgIpc) is 2.33. The molecule has 0 aliphatic heterocycles. The summed E-state index contributed by atoms with van der Waals surface area (Å²) in [7, 11) is 1.67. The molecule has 0 radical (unpaired) electrons. The number of aliphatic hydroxyl groups excluding tert-OH is 1. The molecular weight excluding hydrogens is 226 g/mol. The van der Waals surface area contributed by atoms with Crippen LogP contribution in [0.3, 0.4) is 0 Å². The predicted octanol–water partition coefficient (Wildman–Crippen LogP) is 2.25. The van der Waals surface area contributed by atoms with Crippen LogP contribution in [0.5, 0.6) is 0 Å². The van der Waals surface area contributed by atoms with Crippen LogP contribution in [-0.4, -0.2) is 31.9 Å². The molecule has 1 aromatic rings. The van der Waals surface area contributed by atoms with Crippen molar-refractivity contribution in [2.24, 2.45) is 0 Å². The molecule has 0 heterocycles. The zero-order valence-corrected chi connectivity index (χ0v) is 11.9. The van der Waals surface area contributed by atoms with Gasteiger partial charge in [0.1, 0.15) is 0 Å². The first-order valence-corrected chi connectivity index (χ1v) is 6.43. The molecule has 0 aliphatic rings. The predicted molar refractivity (Wildman–Crippen MR) is 74.8 cm³/mol. The third kappa shape index (κ3) is 4.77. The molecular formula is C15H25NO2. The van der Waals surface area contributed by atoms with Gasteiger partial charge in [0.05, 0.1) is 12.7 Å². The standard InChI is InChI=1S/C15H25NO2/c1-15(2,3)13-7-5-12(6-8-13)14(17)11-16-9-10-18-4/h5-8,14,16-17H,9-11H2,1-4H3. The van der Waals surface area contributed by atoms with Crippen LogP contribution in [0.1, 0.15) is 38.0 Å². The molecule has 1 rings (SSSR count). The van der Waals surface area contributed by atoms with Gasteiger partial charge in [-0.05, 0) is 16.5 Å². The van der Waals surface area contributed by atoms with Crippen molar-refractivity contribution in [3.8, 4) is 0 Å². The van der Waals surface area contributed by atoms with Crippen LogP contribution in [-0.2, 0) is 10.2 Å². The Balaban J connectivity index is 2.51. The molecule has 0 amide bonds. The maximum Gasteiger partial charge on any atom is 0.0914 e. The first kappa shape index (κ1) is 15.2. The molecule has 0 saturated heterocycles. The number of benzene rings is 1. The van der Waals surface area contributed by atoms with Gasteiger partial charge in [-0.2, -0.15) is 0 Å². The fourth-order valence-corrected chi connectivity index (χ4v) is 1.74. The van der Waals surface area contributed by atoms with E-state index in [1.807, 2.05) is 12.1 Å². The minimum atomic E-state index is -0.462. The summed E-state index contributed by atoms with van der Waals surface area (Å²) in [6.07, 6.45) is -0.462. The van der Waals surface area contributed by atoms with E-state index in [0.717, 1.165) is 12.1 Å². The molecule has 1 unspecified atom stereocenters. The first-order valence-electron chi connectivity index (χ1n) is 6.43. The Bertz CT molecular complexity index is 341. The topological polar surface area (TPSA) is 41.5 Å².